The Morgan fingerprint density at radius 1 is 1.00 bits per heavy atom. The van der Waals surface area contributed by atoms with Crippen LogP contribution in [0.5, 0.6) is 11.5 Å². The van der Waals surface area contributed by atoms with Crippen molar-refractivity contribution < 1.29 is 9.53 Å². The summed E-state index contributed by atoms with van der Waals surface area (Å²) in [6.45, 7) is 0. The summed E-state index contributed by atoms with van der Waals surface area (Å²) < 4.78 is 5.84. The maximum absolute atomic E-state index is 13.5. The predicted molar refractivity (Wildman–Crippen MR) is 126 cm³/mol. The second-order valence-corrected chi connectivity index (χ2v) is 8.75. The molecule has 0 amide bonds. The van der Waals surface area contributed by atoms with E-state index >= 15 is 0 Å². The number of nitrogens with zero attached hydrogens (tertiary/aromatic N) is 2. The molecule has 1 aliphatic carbocycles. The van der Waals surface area contributed by atoms with E-state index in [1.54, 1.807) is 30.7 Å². The number of aromatic amines is 1. The van der Waals surface area contributed by atoms with Gasteiger partial charge in [-0.25, -0.2) is 9.97 Å². The van der Waals surface area contributed by atoms with E-state index in [1.807, 2.05) is 30.3 Å². The Hall–Kier alpha value is -3.18. The molecule has 32 heavy (non-hydrogen) atoms. The number of hydrogen-bond acceptors (Lipinski definition) is 4. The molecule has 0 spiro atoms. The second-order valence-electron chi connectivity index (χ2n) is 8.34. The van der Waals surface area contributed by atoms with Crippen LogP contribution in [0.3, 0.4) is 0 Å². The molecule has 0 saturated heterocycles. The second kappa shape index (κ2) is 9.13. The Labute approximate surface area is 191 Å². The van der Waals surface area contributed by atoms with Gasteiger partial charge in [-0.15, -0.1) is 0 Å². The van der Waals surface area contributed by atoms with Crippen LogP contribution in [0.4, 0.5) is 0 Å². The fourth-order valence-corrected chi connectivity index (χ4v) is 4.80. The highest BCUT2D eigenvalue weighted by molar-refractivity contribution is 6.35. The molecule has 0 radical (unpaired) electrons. The molecule has 1 aliphatic rings. The number of carbonyl (C=O) groups is 1. The van der Waals surface area contributed by atoms with Crippen molar-refractivity contribution in [3.05, 3.63) is 82.9 Å². The van der Waals surface area contributed by atoms with Crippen LogP contribution in [0.25, 0.3) is 11.0 Å². The number of halogens is 1. The van der Waals surface area contributed by atoms with Gasteiger partial charge in [0.1, 0.15) is 23.5 Å². The number of fused-ring (bicyclic) bond motifs is 1. The Balaban J connectivity index is 1.44. The van der Waals surface area contributed by atoms with Crippen molar-refractivity contribution >= 4 is 28.4 Å². The van der Waals surface area contributed by atoms with Crippen molar-refractivity contribution in [2.75, 3.05) is 0 Å². The summed E-state index contributed by atoms with van der Waals surface area (Å²) in [5.41, 5.74) is 2.62. The minimum Gasteiger partial charge on any atom is -0.457 e. The molecule has 6 heteroatoms. The van der Waals surface area contributed by atoms with Gasteiger partial charge in [0, 0.05) is 17.8 Å². The van der Waals surface area contributed by atoms with E-state index in [9.17, 15) is 4.79 Å². The smallest absolute Gasteiger partial charge is 0.196 e. The lowest BCUT2D eigenvalue weighted by Crippen LogP contribution is -2.11. The molecule has 1 fully saturated rings. The van der Waals surface area contributed by atoms with Crippen molar-refractivity contribution in [3.63, 3.8) is 0 Å². The zero-order valence-electron chi connectivity index (χ0n) is 17.7. The largest absolute Gasteiger partial charge is 0.457 e. The summed E-state index contributed by atoms with van der Waals surface area (Å²) in [6, 6.07) is 14.6. The number of ether oxygens (including phenoxy) is 1. The van der Waals surface area contributed by atoms with Crippen LogP contribution in [-0.2, 0) is 6.42 Å². The fraction of sp³-hybridized carbons (Fsp3) is 0.269. The molecule has 0 aliphatic heterocycles. The van der Waals surface area contributed by atoms with Gasteiger partial charge in [0.25, 0.3) is 0 Å². The minimum atomic E-state index is -0.146. The summed E-state index contributed by atoms with van der Waals surface area (Å²) in [5.74, 6) is 1.76. The summed E-state index contributed by atoms with van der Waals surface area (Å²) >= 11 is 6.51. The molecule has 0 atom stereocenters. The highest BCUT2D eigenvalue weighted by Gasteiger charge is 2.23. The number of hydrogen-bond donors (Lipinski definition) is 1. The molecule has 2 heterocycles. The first-order chi connectivity index (χ1) is 15.7. The molecule has 4 aromatic rings. The average Bonchev–Trinajstić information content (AvgIpc) is 3.26. The lowest BCUT2D eigenvalue weighted by Gasteiger charge is -2.21. The Kier molecular flexibility index (Phi) is 5.91. The lowest BCUT2D eigenvalue weighted by atomic mass is 9.85. The van der Waals surface area contributed by atoms with E-state index in [-0.39, 0.29) is 5.78 Å². The van der Waals surface area contributed by atoms with Crippen LogP contribution in [0, 0.1) is 5.92 Å². The van der Waals surface area contributed by atoms with Gasteiger partial charge in [-0.05, 0) is 36.6 Å². The molecule has 0 bridgehead atoms. The quantitative estimate of drug-likeness (QED) is 0.333. The van der Waals surface area contributed by atoms with Crippen LogP contribution in [0.1, 0.15) is 53.7 Å². The number of H-pyrrole nitrogens is 1. The van der Waals surface area contributed by atoms with Gasteiger partial charge in [-0.3, -0.25) is 4.79 Å². The third-order valence-electron chi connectivity index (χ3n) is 6.16. The molecular weight excluding hydrogens is 422 g/mol. The van der Waals surface area contributed by atoms with Crippen LogP contribution in [-0.4, -0.2) is 20.7 Å². The minimum absolute atomic E-state index is 0.146. The number of ketones is 1. The first-order valence-electron chi connectivity index (χ1n) is 11.1. The number of benzene rings is 2. The molecule has 2 aromatic carbocycles. The first-order valence-corrected chi connectivity index (χ1v) is 11.4. The molecule has 1 saturated carbocycles. The van der Waals surface area contributed by atoms with Crippen LogP contribution < -0.4 is 4.74 Å². The first kappa shape index (κ1) is 20.7. The molecular formula is C26H24ClN3O2. The number of carbonyl (C=O) groups excluding carboxylic acids is 1. The Bertz CT molecular complexity index is 1250. The normalized spacial score (nSPS) is 14.5. The number of aromatic nitrogens is 3. The van der Waals surface area contributed by atoms with E-state index in [4.69, 9.17) is 16.3 Å². The molecule has 0 unspecified atom stereocenters. The van der Waals surface area contributed by atoms with Gasteiger partial charge in [0.05, 0.1) is 21.7 Å². The summed E-state index contributed by atoms with van der Waals surface area (Å²) in [6.07, 6.45) is 10.4. The zero-order valence-corrected chi connectivity index (χ0v) is 18.4. The highest BCUT2D eigenvalue weighted by Crippen LogP contribution is 2.32. The van der Waals surface area contributed by atoms with Gasteiger partial charge in [0.15, 0.2) is 5.78 Å². The maximum Gasteiger partial charge on any atom is 0.196 e. The van der Waals surface area contributed by atoms with E-state index in [0.29, 0.717) is 39.2 Å². The van der Waals surface area contributed by atoms with Gasteiger partial charge < -0.3 is 9.72 Å². The van der Waals surface area contributed by atoms with Gasteiger partial charge in [-0.2, -0.15) is 0 Å². The van der Waals surface area contributed by atoms with E-state index in [1.165, 1.54) is 32.1 Å². The third kappa shape index (κ3) is 4.26. The molecule has 5 nitrogen and oxygen atoms in total. The van der Waals surface area contributed by atoms with E-state index in [2.05, 4.69) is 15.0 Å². The van der Waals surface area contributed by atoms with Crippen LogP contribution in [0.15, 0.2) is 61.1 Å². The molecule has 162 valence electrons. The summed E-state index contributed by atoms with van der Waals surface area (Å²) in [5, 5.41) is 1.16. The molecule has 5 rings (SSSR count). The maximum atomic E-state index is 13.5. The van der Waals surface area contributed by atoms with Gasteiger partial charge >= 0.3 is 0 Å². The number of rotatable bonds is 6. The predicted octanol–water partition coefficient (Wildman–Crippen LogP) is 6.76. The summed E-state index contributed by atoms with van der Waals surface area (Å²) in [4.78, 5) is 25.5. The summed E-state index contributed by atoms with van der Waals surface area (Å²) in [7, 11) is 0. The van der Waals surface area contributed by atoms with Gasteiger partial charge in [0.2, 0.25) is 0 Å². The van der Waals surface area contributed by atoms with E-state index in [0.717, 1.165) is 17.5 Å². The fourth-order valence-electron chi connectivity index (χ4n) is 4.54. The standard InChI is InChI=1S/C26H24ClN3O2/c27-22-14-19(32-18-9-5-2-6-10-18)11-12-20(22)25(31)21-15-28-26-24(21)23(29-16-30-26)13-17-7-3-1-4-8-17/h2,5-6,9-12,14-17H,1,3-4,7-8,13H2,(H,28,29,30). The van der Waals surface area contributed by atoms with Crippen molar-refractivity contribution in [2.45, 2.75) is 38.5 Å². The number of nitrogens with one attached hydrogen (secondary N) is 1. The monoisotopic (exact) mass is 445 g/mol. The van der Waals surface area contributed by atoms with Crippen molar-refractivity contribution in [1.82, 2.24) is 15.0 Å². The van der Waals surface area contributed by atoms with Crippen molar-refractivity contribution in [2.24, 2.45) is 5.92 Å². The SMILES string of the molecule is O=C(c1ccc(Oc2ccccc2)cc1Cl)c1c[nH]c2ncnc(CC3CCCCC3)c12. The Morgan fingerprint density at radius 3 is 2.59 bits per heavy atom. The highest BCUT2D eigenvalue weighted by atomic mass is 35.5. The van der Waals surface area contributed by atoms with Gasteiger partial charge in [-0.1, -0.05) is 61.9 Å². The van der Waals surface area contributed by atoms with E-state index < -0.39 is 0 Å². The van der Waals surface area contributed by atoms with Crippen molar-refractivity contribution in [1.29, 1.82) is 0 Å². The van der Waals surface area contributed by atoms with Crippen LogP contribution >= 0.6 is 11.6 Å². The third-order valence-corrected chi connectivity index (χ3v) is 6.48. The zero-order chi connectivity index (χ0) is 21.9. The van der Waals surface area contributed by atoms with Crippen LogP contribution in [0.2, 0.25) is 5.02 Å². The molecule has 2 aromatic heterocycles. The average molecular weight is 446 g/mol. The topological polar surface area (TPSA) is 67.9 Å². The Morgan fingerprint density at radius 2 is 1.81 bits per heavy atom. The lowest BCUT2D eigenvalue weighted by molar-refractivity contribution is 0.104. The molecule has 1 N–H and O–H groups in total. The number of para-hydroxylation sites is 1. The van der Waals surface area contributed by atoms with Crippen molar-refractivity contribution in [3.8, 4) is 11.5 Å².